The van der Waals surface area contributed by atoms with Crippen LogP contribution in [-0.2, 0) is 6.61 Å². The minimum atomic E-state index is -0.409. The fraction of sp³-hybridized carbons (Fsp3) is 0.0870. The summed E-state index contributed by atoms with van der Waals surface area (Å²) < 4.78 is 11.3. The van der Waals surface area contributed by atoms with Crippen molar-refractivity contribution in [3.63, 3.8) is 0 Å². The van der Waals surface area contributed by atoms with E-state index in [1.807, 2.05) is 61.5 Å². The molecule has 0 fully saturated rings. The van der Waals surface area contributed by atoms with Gasteiger partial charge >= 0.3 is 5.63 Å². The van der Waals surface area contributed by atoms with Gasteiger partial charge in [0.25, 0.3) is 0 Å². The maximum absolute atomic E-state index is 12.0. The Morgan fingerprint density at radius 3 is 2.44 bits per heavy atom. The highest BCUT2D eigenvalue weighted by Crippen LogP contribution is 2.35. The third-order valence-electron chi connectivity index (χ3n) is 4.40. The first-order valence-corrected chi connectivity index (χ1v) is 8.99. The minimum absolute atomic E-state index is 0.383. The molecule has 0 radical (unpaired) electrons. The molecule has 134 valence electrons. The molecule has 3 aromatic carbocycles. The lowest BCUT2D eigenvalue weighted by molar-refractivity contribution is 0.306. The molecule has 0 aliphatic rings. The van der Waals surface area contributed by atoms with Gasteiger partial charge in [-0.25, -0.2) is 4.79 Å². The molecule has 0 bridgehead atoms. The Hall–Kier alpha value is -3.04. The molecule has 0 saturated carbocycles. The molecule has 0 amide bonds. The number of hydrogen-bond acceptors (Lipinski definition) is 3. The van der Waals surface area contributed by atoms with Crippen LogP contribution in [0.15, 0.2) is 82.0 Å². The molecule has 0 unspecified atom stereocenters. The van der Waals surface area contributed by atoms with Gasteiger partial charge in [0.1, 0.15) is 17.9 Å². The summed E-state index contributed by atoms with van der Waals surface area (Å²) >= 11 is 6.45. The Morgan fingerprint density at radius 2 is 1.70 bits per heavy atom. The van der Waals surface area contributed by atoms with E-state index in [0.717, 1.165) is 22.1 Å². The number of aryl methyl sites for hydroxylation is 1. The summed E-state index contributed by atoms with van der Waals surface area (Å²) in [6.45, 7) is 2.42. The summed E-state index contributed by atoms with van der Waals surface area (Å²) in [7, 11) is 0. The molecule has 0 aliphatic heterocycles. The molecule has 0 aliphatic carbocycles. The van der Waals surface area contributed by atoms with Gasteiger partial charge in [-0.05, 0) is 29.7 Å². The number of benzene rings is 3. The highest BCUT2D eigenvalue weighted by atomic mass is 35.5. The van der Waals surface area contributed by atoms with Crippen molar-refractivity contribution in [3.05, 3.63) is 99.4 Å². The first-order valence-electron chi connectivity index (χ1n) is 8.61. The van der Waals surface area contributed by atoms with Gasteiger partial charge in [0.15, 0.2) is 0 Å². The van der Waals surface area contributed by atoms with E-state index in [1.165, 1.54) is 11.6 Å². The topological polar surface area (TPSA) is 39.4 Å². The molecular weight excluding hydrogens is 360 g/mol. The molecule has 0 saturated heterocycles. The number of rotatable bonds is 4. The van der Waals surface area contributed by atoms with Gasteiger partial charge in [0, 0.05) is 17.5 Å². The maximum atomic E-state index is 12.0. The third kappa shape index (κ3) is 3.74. The first-order chi connectivity index (χ1) is 13.1. The molecule has 4 rings (SSSR count). The molecule has 0 atom stereocenters. The van der Waals surface area contributed by atoms with Crippen LogP contribution in [0, 0.1) is 6.92 Å². The van der Waals surface area contributed by atoms with Crippen LogP contribution in [0.2, 0.25) is 5.02 Å². The number of ether oxygens (including phenoxy) is 1. The van der Waals surface area contributed by atoms with E-state index in [2.05, 4.69) is 0 Å². The monoisotopic (exact) mass is 376 g/mol. The summed E-state index contributed by atoms with van der Waals surface area (Å²) in [5.74, 6) is 0.484. The Labute approximate surface area is 161 Å². The highest BCUT2D eigenvalue weighted by Gasteiger charge is 2.12. The van der Waals surface area contributed by atoms with E-state index >= 15 is 0 Å². The van der Waals surface area contributed by atoms with Crippen LogP contribution < -0.4 is 10.4 Å². The lowest BCUT2D eigenvalue weighted by Crippen LogP contribution is -2.00. The summed E-state index contributed by atoms with van der Waals surface area (Å²) in [6, 6.07) is 22.7. The zero-order valence-electron chi connectivity index (χ0n) is 14.7. The van der Waals surface area contributed by atoms with Crippen molar-refractivity contribution in [1.82, 2.24) is 0 Å². The number of fused-ring (bicyclic) bond motifs is 1. The van der Waals surface area contributed by atoms with Crippen LogP contribution in [-0.4, -0.2) is 0 Å². The largest absolute Gasteiger partial charge is 0.487 e. The van der Waals surface area contributed by atoms with Gasteiger partial charge in [-0.3, -0.25) is 0 Å². The average Bonchev–Trinajstić information content (AvgIpc) is 2.68. The summed E-state index contributed by atoms with van der Waals surface area (Å²) in [5, 5.41) is 1.24. The minimum Gasteiger partial charge on any atom is -0.487 e. The average molecular weight is 377 g/mol. The lowest BCUT2D eigenvalue weighted by atomic mass is 10.0. The Kier molecular flexibility index (Phi) is 4.69. The van der Waals surface area contributed by atoms with Crippen molar-refractivity contribution in [2.45, 2.75) is 13.5 Å². The van der Waals surface area contributed by atoms with Gasteiger partial charge < -0.3 is 9.15 Å². The molecule has 1 heterocycles. The Balaban J connectivity index is 1.73. The molecule has 4 heteroatoms. The van der Waals surface area contributed by atoms with Crippen molar-refractivity contribution in [2.24, 2.45) is 0 Å². The molecular formula is C23H17ClO3. The van der Waals surface area contributed by atoms with Crippen molar-refractivity contribution in [1.29, 1.82) is 0 Å². The second kappa shape index (κ2) is 7.29. The van der Waals surface area contributed by atoms with E-state index in [0.29, 0.717) is 23.0 Å². The first kappa shape index (κ1) is 17.4. The molecule has 1 aromatic heterocycles. The number of hydrogen-bond donors (Lipinski definition) is 0. The molecule has 3 nitrogen and oxygen atoms in total. The van der Waals surface area contributed by atoms with E-state index in [1.54, 1.807) is 12.1 Å². The predicted molar refractivity (Wildman–Crippen MR) is 108 cm³/mol. The molecule has 0 N–H and O–H groups in total. The number of halogens is 1. The second-order valence-corrected chi connectivity index (χ2v) is 6.81. The quantitative estimate of drug-likeness (QED) is 0.410. The third-order valence-corrected chi connectivity index (χ3v) is 4.69. The second-order valence-electron chi connectivity index (χ2n) is 6.40. The van der Waals surface area contributed by atoms with Crippen LogP contribution in [0.25, 0.3) is 22.1 Å². The fourth-order valence-electron chi connectivity index (χ4n) is 2.98. The maximum Gasteiger partial charge on any atom is 0.336 e. The van der Waals surface area contributed by atoms with Gasteiger partial charge in [-0.2, -0.15) is 0 Å². The van der Waals surface area contributed by atoms with Crippen LogP contribution in [0.1, 0.15) is 11.1 Å². The standard InChI is InChI=1S/C23H17ClO3/c1-15-7-9-16(10-8-15)14-26-22-13-21-19(11-20(22)24)18(12-23(25)27-21)17-5-3-2-4-6-17/h2-13H,14H2,1H3. The smallest absolute Gasteiger partial charge is 0.336 e. The molecule has 4 aromatic rings. The van der Waals surface area contributed by atoms with Gasteiger partial charge in [0.2, 0.25) is 0 Å². The van der Waals surface area contributed by atoms with Crippen molar-refractivity contribution in [2.75, 3.05) is 0 Å². The van der Waals surface area contributed by atoms with E-state index in [4.69, 9.17) is 20.8 Å². The predicted octanol–water partition coefficient (Wildman–Crippen LogP) is 6.00. The van der Waals surface area contributed by atoms with Crippen LogP contribution in [0.4, 0.5) is 0 Å². The van der Waals surface area contributed by atoms with E-state index < -0.39 is 5.63 Å². The SMILES string of the molecule is Cc1ccc(COc2cc3oc(=O)cc(-c4ccccc4)c3cc2Cl)cc1. The Bertz CT molecular complexity index is 1150. The summed E-state index contributed by atoms with van der Waals surface area (Å²) in [5.41, 5.74) is 3.99. The summed E-state index contributed by atoms with van der Waals surface area (Å²) in [4.78, 5) is 12.0. The van der Waals surface area contributed by atoms with Gasteiger partial charge in [0.05, 0.1) is 5.02 Å². The lowest BCUT2D eigenvalue weighted by Gasteiger charge is -2.11. The van der Waals surface area contributed by atoms with Crippen LogP contribution in [0.5, 0.6) is 5.75 Å². The van der Waals surface area contributed by atoms with Crippen molar-refractivity contribution < 1.29 is 9.15 Å². The van der Waals surface area contributed by atoms with Crippen molar-refractivity contribution in [3.8, 4) is 16.9 Å². The normalized spacial score (nSPS) is 10.9. The molecule has 0 spiro atoms. The van der Waals surface area contributed by atoms with Gasteiger partial charge in [-0.15, -0.1) is 0 Å². The van der Waals surface area contributed by atoms with E-state index in [9.17, 15) is 4.79 Å². The van der Waals surface area contributed by atoms with Crippen molar-refractivity contribution >= 4 is 22.6 Å². The fourth-order valence-corrected chi connectivity index (χ4v) is 3.19. The Morgan fingerprint density at radius 1 is 0.963 bits per heavy atom. The van der Waals surface area contributed by atoms with E-state index in [-0.39, 0.29) is 0 Å². The molecule has 27 heavy (non-hydrogen) atoms. The van der Waals surface area contributed by atoms with Crippen LogP contribution >= 0.6 is 11.6 Å². The van der Waals surface area contributed by atoms with Crippen LogP contribution in [0.3, 0.4) is 0 Å². The zero-order chi connectivity index (χ0) is 18.8. The zero-order valence-corrected chi connectivity index (χ0v) is 15.5. The summed E-state index contributed by atoms with van der Waals surface area (Å²) in [6.07, 6.45) is 0. The highest BCUT2D eigenvalue weighted by molar-refractivity contribution is 6.33. The van der Waals surface area contributed by atoms with Gasteiger partial charge in [-0.1, -0.05) is 71.8 Å².